The van der Waals surface area contributed by atoms with Gasteiger partial charge < -0.3 is 8.83 Å². The van der Waals surface area contributed by atoms with Crippen molar-refractivity contribution in [2.24, 2.45) is 0 Å². The molecule has 2 nitrogen and oxygen atoms in total. The molecule has 2 heteroatoms. The van der Waals surface area contributed by atoms with Crippen LogP contribution in [0.2, 0.25) is 0 Å². The van der Waals surface area contributed by atoms with Crippen molar-refractivity contribution in [3.05, 3.63) is 218 Å². The normalized spacial score (nSPS) is 11.9. The van der Waals surface area contributed by atoms with Gasteiger partial charge in [-0.1, -0.05) is 176 Å². The van der Waals surface area contributed by atoms with Crippen molar-refractivity contribution in [1.82, 2.24) is 0 Å². The Morgan fingerprint density at radius 2 is 0.790 bits per heavy atom. The number of fused-ring (bicyclic) bond motifs is 10. The zero-order chi connectivity index (χ0) is 40.7. The lowest BCUT2D eigenvalue weighted by Crippen LogP contribution is -1.93. The van der Waals surface area contributed by atoms with Gasteiger partial charge in [0.25, 0.3) is 0 Å². The molecule has 11 aromatic carbocycles. The molecule has 0 spiro atoms. The lowest BCUT2D eigenvalue weighted by molar-refractivity contribution is 0.663. The molecule has 0 aliphatic rings. The molecule has 2 heterocycles. The Balaban J connectivity index is 1.01. The van der Waals surface area contributed by atoms with Gasteiger partial charge in [-0.05, 0) is 130 Å². The Bertz CT molecular complexity index is 3900. The van der Waals surface area contributed by atoms with Gasteiger partial charge in [0.2, 0.25) is 0 Å². The van der Waals surface area contributed by atoms with Crippen LogP contribution in [0.5, 0.6) is 0 Å². The third-order valence-corrected chi connectivity index (χ3v) is 12.9. The number of furan rings is 2. The zero-order valence-corrected chi connectivity index (χ0v) is 33.6. The van der Waals surface area contributed by atoms with Crippen LogP contribution >= 0.6 is 0 Å². The largest absolute Gasteiger partial charge is 0.456 e. The first-order chi connectivity index (χ1) is 30.7. The van der Waals surface area contributed by atoms with Crippen LogP contribution in [0.25, 0.3) is 132 Å². The maximum Gasteiger partial charge on any atom is 0.147 e. The van der Waals surface area contributed by atoms with Crippen molar-refractivity contribution >= 4 is 76.2 Å². The highest BCUT2D eigenvalue weighted by Gasteiger charge is 2.20. The predicted octanol–water partition coefficient (Wildman–Crippen LogP) is 17.3. The van der Waals surface area contributed by atoms with Crippen LogP contribution in [-0.2, 0) is 0 Å². The summed E-state index contributed by atoms with van der Waals surface area (Å²) in [6, 6.07) is 79.1. The van der Waals surface area contributed by atoms with Crippen LogP contribution in [0.15, 0.2) is 227 Å². The molecule has 0 unspecified atom stereocenters. The van der Waals surface area contributed by atoms with Crippen LogP contribution < -0.4 is 0 Å². The third kappa shape index (κ3) is 5.37. The van der Waals surface area contributed by atoms with Crippen LogP contribution in [0.3, 0.4) is 0 Å². The van der Waals surface area contributed by atoms with Crippen molar-refractivity contribution in [1.29, 1.82) is 0 Å². The highest BCUT2D eigenvalue weighted by atomic mass is 16.3. The van der Waals surface area contributed by atoms with Gasteiger partial charge in [-0.15, -0.1) is 0 Å². The van der Waals surface area contributed by atoms with E-state index >= 15 is 0 Å². The van der Waals surface area contributed by atoms with Crippen LogP contribution in [0.4, 0.5) is 0 Å². The van der Waals surface area contributed by atoms with E-state index in [0.29, 0.717) is 0 Å². The Morgan fingerprint density at radius 1 is 0.242 bits per heavy atom. The van der Waals surface area contributed by atoms with Gasteiger partial charge in [0.05, 0.1) is 5.39 Å². The van der Waals surface area contributed by atoms with Crippen molar-refractivity contribution in [2.75, 3.05) is 0 Å². The molecule has 0 aliphatic heterocycles. The monoisotopic (exact) mass is 788 g/mol. The summed E-state index contributed by atoms with van der Waals surface area (Å²) in [5.41, 5.74) is 15.4. The molecular weight excluding hydrogens is 753 g/mol. The maximum atomic E-state index is 6.47. The van der Waals surface area contributed by atoms with Crippen molar-refractivity contribution < 1.29 is 8.83 Å². The van der Waals surface area contributed by atoms with Gasteiger partial charge in [-0.3, -0.25) is 0 Å². The predicted molar refractivity (Wildman–Crippen MR) is 261 cm³/mol. The SMILES string of the molecule is c1ccc(-c2ccccc2-c2ccc3c(-c4ccc5ccccc5c4)c4ccccc4c(-c4ccc(-c5ccc6oc7ccc8c9ccccc9oc8c7c6c5)cc4)c3c2)cc1. The van der Waals surface area contributed by atoms with Gasteiger partial charge in [-0.2, -0.15) is 0 Å². The minimum Gasteiger partial charge on any atom is -0.456 e. The number of hydrogen-bond acceptors (Lipinski definition) is 2. The molecule has 0 radical (unpaired) electrons. The molecule has 0 N–H and O–H groups in total. The zero-order valence-electron chi connectivity index (χ0n) is 33.6. The summed E-state index contributed by atoms with van der Waals surface area (Å²) in [5.74, 6) is 0. The first-order valence-electron chi connectivity index (χ1n) is 21.2. The summed E-state index contributed by atoms with van der Waals surface area (Å²) >= 11 is 0. The minimum atomic E-state index is 0.829. The van der Waals surface area contributed by atoms with Gasteiger partial charge in [0.15, 0.2) is 0 Å². The van der Waals surface area contributed by atoms with Gasteiger partial charge in [-0.25, -0.2) is 0 Å². The molecule has 0 amide bonds. The number of hydrogen-bond donors (Lipinski definition) is 0. The second-order valence-electron chi connectivity index (χ2n) is 16.3. The molecule has 0 saturated carbocycles. The molecule has 0 saturated heterocycles. The van der Waals surface area contributed by atoms with E-state index in [1.807, 2.05) is 12.1 Å². The molecule has 0 atom stereocenters. The average Bonchev–Trinajstić information content (AvgIpc) is 3.91. The Morgan fingerprint density at radius 3 is 1.61 bits per heavy atom. The average molecular weight is 789 g/mol. The van der Waals surface area contributed by atoms with E-state index in [2.05, 4.69) is 206 Å². The molecule has 62 heavy (non-hydrogen) atoms. The molecule has 0 aliphatic carbocycles. The van der Waals surface area contributed by atoms with Crippen molar-refractivity contribution in [3.63, 3.8) is 0 Å². The molecule has 2 aromatic heterocycles. The second-order valence-corrected chi connectivity index (χ2v) is 16.3. The smallest absolute Gasteiger partial charge is 0.147 e. The van der Waals surface area contributed by atoms with E-state index in [1.54, 1.807) is 0 Å². The molecular formula is C60H36O2. The fraction of sp³-hybridized carbons (Fsp3) is 0. The molecule has 13 rings (SSSR count). The number of benzene rings is 11. The highest BCUT2D eigenvalue weighted by molar-refractivity contribution is 6.24. The summed E-state index contributed by atoms with van der Waals surface area (Å²) in [4.78, 5) is 0. The van der Waals surface area contributed by atoms with E-state index in [0.717, 1.165) is 55.0 Å². The van der Waals surface area contributed by atoms with Crippen molar-refractivity contribution in [2.45, 2.75) is 0 Å². The highest BCUT2D eigenvalue weighted by Crippen LogP contribution is 2.47. The molecule has 0 fully saturated rings. The topological polar surface area (TPSA) is 26.3 Å². The fourth-order valence-electron chi connectivity index (χ4n) is 9.97. The lowest BCUT2D eigenvalue weighted by Gasteiger charge is -2.20. The quantitative estimate of drug-likeness (QED) is 0.162. The maximum absolute atomic E-state index is 6.47. The van der Waals surface area contributed by atoms with Gasteiger partial charge in [0.1, 0.15) is 22.3 Å². The lowest BCUT2D eigenvalue weighted by atomic mass is 9.83. The molecule has 0 bridgehead atoms. The summed E-state index contributed by atoms with van der Waals surface area (Å²) in [6.07, 6.45) is 0. The van der Waals surface area contributed by atoms with Crippen LogP contribution in [0, 0.1) is 0 Å². The second kappa shape index (κ2) is 13.7. The first-order valence-corrected chi connectivity index (χ1v) is 21.2. The van der Waals surface area contributed by atoms with Crippen molar-refractivity contribution in [3.8, 4) is 55.6 Å². The third-order valence-electron chi connectivity index (χ3n) is 12.9. The summed E-state index contributed by atoms with van der Waals surface area (Å²) in [7, 11) is 0. The fourth-order valence-corrected chi connectivity index (χ4v) is 9.97. The number of rotatable bonds is 5. The van der Waals surface area contributed by atoms with Gasteiger partial charge in [0, 0.05) is 16.2 Å². The minimum absolute atomic E-state index is 0.829. The number of para-hydroxylation sites is 1. The van der Waals surface area contributed by atoms with Crippen LogP contribution in [-0.4, -0.2) is 0 Å². The first kappa shape index (κ1) is 34.6. The van der Waals surface area contributed by atoms with Crippen LogP contribution in [0.1, 0.15) is 0 Å². The van der Waals surface area contributed by atoms with E-state index in [4.69, 9.17) is 8.83 Å². The summed E-state index contributed by atoms with van der Waals surface area (Å²) in [6.45, 7) is 0. The van der Waals surface area contributed by atoms with E-state index < -0.39 is 0 Å². The Kier molecular flexibility index (Phi) is 7.64. The summed E-state index contributed by atoms with van der Waals surface area (Å²) < 4.78 is 12.9. The standard InChI is InChI=1S/C60H36O2/c1-2-13-39(14-3-1)45-16-6-7-17-46(45)43-28-30-50-52(36-43)57(48-19-8-9-20-49(48)58(50)44-27-24-37-12-4-5-15-41(37)34-44)40-25-22-38(23-26-40)42-29-32-55-53(35-42)59-56(61-55)33-31-51-47-18-10-11-21-54(47)62-60(51)59/h1-36H. The van der Waals surface area contributed by atoms with E-state index in [-0.39, 0.29) is 0 Å². The Labute approximate surface area is 357 Å². The van der Waals surface area contributed by atoms with Gasteiger partial charge >= 0.3 is 0 Å². The summed E-state index contributed by atoms with van der Waals surface area (Å²) in [5, 5.41) is 11.7. The molecule has 13 aromatic rings. The van der Waals surface area contributed by atoms with E-state index in [9.17, 15) is 0 Å². The molecule has 288 valence electrons. The Hall–Kier alpha value is -8.20. The van der Waals surface area contributed by atoms with E-state index in [1.165, 1.54) is 76.8 Å².